The van der Waals surface area contributed by atoms with Gasteiger partial charge in [-0.3, -0.25) is 4.79 Å². The van der Waals surface area contributed by atoms with Gasteiger partial charge in [0.1, 0.15) is 0 Å². The molecule has 0 atom stereocenters. The molecule has 0 radical (unpaired) electrons. The molecule has 1 aromatic rings. The fraction of sp³-hybridized carbons (Fsp3) is 0.500. The molecular formula is C14H22N2O. The molecule has 0 bridgehead atoms. The Labute approximate surface area is 103 Å². The van der Waals surface area contributed by atoms with Crippen LogP contribution in [0.2, 0.25) is 0 Å². The molecule has 0 saturated carbocycles. The maximum absolute atomic E-state index is 12.1. The quantitative estimate of drug-likeness (QED) is 0.787. The van der Waals surface area contributed by atoms with Gasteiger partial charge >= 0.3 is 0 Å². The second-order valence-corrected chi connectivity index (χ2v) is 5.16. The predicted octanol–water partition coefficient (Wildman–Crippen LogP) is 2.89. The van der Waals surface area contributed by atoms with E-state index in [9.17, 15) is 4.79 Å². The van der Waals surface area contributed by atoms with Crippen molar-refractivity contribution in [1.82, 2.24) is 5.32 Å². The van der Waals surface area contributed by atoms with Crippen molar-refractivity contribution < 1.29 is 4.79 Å². The van der Waals surface area contributed by atoms with Crippen molar-refractivity contribution in [2.45, 2.75) is 46.1 Å². The van der Waals surface area contributed by atoms with E-state index in [1.807, 2.05) is 26.8 Å². The summed E-state index contributed by atoms with van der Waals surface area (Å²) in [7, 11) is 0. The second-order valence-electron chi connectivity index (χ2n) is 5.16. The SMILES string of the molecule is CCCC(C)(C)NC(=O)c1ccc(N)cc1C. The first kappa shape index (κ1) is 13.6. The summed E-state index contributed by atoms with van der Waals surface area (Å²) in [6.45, 7) is 8.10. The van der Waals surface area contributed by atoms with E-state index in [-0.39, 0.29) is 11.4 Å². The van der Waals surface area contributed by atoms with Gasteiger partial charge in [0.25, 0.3) is 5.91 Å². The van der Waals surface area contributed by atoms with Gasteiger partial charge in [-0.25, -0.2) is 0 Å². The molecule has 0 fully saturated rings. The van der Waals surface area contributed by atoms with Gasteiger partial charge in [-0.05, 0) is 51.0 Å². The van der Waals surface area contributed by atoms with Crippen LogP contribution < -0.4 is 11.1 Å². The molecule has 0 heterocycles. The molecule has 0 unspecified atom stereocenters. The van der Waals surface area contributed by atoms with Crippen LogP contribution in [0.25, 0.3) is 0 Å². The average molecular weight is 234 g/mol. The van der Waals surface area contributed by atoms with Gasteiger partial charge in [-0.15, -0.1) is 0 Å². The second kappa shape index (κ2) is 5.21. The highest BCUT2D eigenvalue weighted by Gasteiger charge is 2.20. The molecule has 0 aliphatic carbocycles. The Morgan fingerprint density at radius 1 is 1.41 bits per heavy atom. The molecule has 1 aromatic carbocycles. The molecule has 0 spiro atoms. The Hall–Kier alpha value is -1.51. The zero-order valence-electron chi connectivity index (χ0n) is 11.1. The van der Waals surface area contributed by atoms with Gasteiger partial charge in [0, 0.05) is 16.8 Å². The summed E-state index contributed by atoms with van der Waals surface area (Å²) in [4.78, 5) is 12.1. The summed E-state index contributed by atoms with van der Waals surface area (Å²) in [6, 6.07) is 5.36. The number of benzene rings is 1. The molecule has 3 N–H and O–H groups in total. The van der Waals surface area contributed by atoms with Gasteiger partial charge in [-0.2, -0.15) is 0 Å². The molecule has 1 amide bonds. The monoisotopic (exact) mass is 234 g/mol. The van der Waals surface area contributed by atoms with E-state index in [1.165, 1.54) is 0 Å². The van der Waals surface area contributed by atoms with Crippen molar-refractivity contribution in [2.24, 2.45) is 0 Å². The summed E-state index contributed by atoms with van der Waals surface area (Å²) < 4.78 is 0. The first-order valence-electron chi connectivity index (χ1n) is 6.04. The van der Waals surface area contributed by atoms with Crippen LogP contribution in [0, 0.1) is 6.92 Å². The van der Waals surface area contributed by atoms with Gasteiger partial charge in [0.05, 0.1) is 0 Å². The molecule has 3 nitrogen and oxygen atoms in total. The van der Waals surface area contributed by atoms with Crippen molar-refractivity contribution in [3.8, 4) is 0 Å². The fourth-order valence-electron chi connectivity index (χ4n) is 2.00. The number of nitrogens with two attached hydrogens (primary N) is 1. The van der Waals surface area contributed by atoms with Crippen LogP contribution in [0.5, 0.6) is 0 Å². The largest absolute Gasteiger partial charge is 0.399 e. The minimum atomic E-state index is -0.167. The van der Waals surface area contributed by atoms with Crippen molar-refractivity contribution in [2.75, 3.05) is 5.73 Å². The highest BCUT2D eigenvalue weighted by Crippen LogP contribution is 2.16. The van der Waals surface area contributed by atoms with E-state index in [0.717, 1.165) is 18.4 Å². The van der Waals surface area contributed by atoms with Crippen LogP contribution in [0.4, 0.5) is 5.69 Å². The number of nitrogens with one attached hydrogen (secondary N) is 1. The van der Waals surface area contributed by atoms with Gasteiger partial charge in [0.2, 0.25) is 0 Å². The van der Waals surface area contributed by atoms with Crippen LogP contribution in [-0.2, 0) is 0 Å². The van der Waals surface area contributed by atoms with E-state index < -0.39 is 0 Å². The Morgan fingerprint density at radius 3 is 2.59 bits per heavy atom. The van der Waals surface area contributed by atoms with Crippen LogP contribution in [0.1, 0.15) is 49.5 Å². The number of carbonyl (C=O) groups excluding carboxylic acids is 1. The summed E-state index contributed by atoms with van der Waals surface area (Å²) in [5.74, 6) is -0.0269. The number of hydrogen-bond acceptors (Lipinski definition) is 2. The lowest BCUT2D eigenvalue weighted by atomic mass is 9.97. The highest BCUT2D eigenvalue weighted by atomic mass is 16.1. The average Bonchev–Trinajstić information content (AvgIpc) is 2.15. The Morgan fingerprint density at radius 2 is 2.06 bits per heavy atom. The third-order valence-electron chi connectivity index (χ3n) is 2.82. The number of rotatable bonds is 4. The van der Waals surface area contributed by atoms with E-state index in [4.69, 9.17) is 5.73 Å². The molecule has 94 valence electrons. The maximum Gasteiger partial charge on any atom is 0.251 e. The van der Waals surface area contributed by atoms with E-state index in [2.05, 4.69) is 12.2 Å². The van der Waals surface area contributed by atoms with E-state index >= 15 is 0 Å². The molecule has 3 heteroatoms. The van der Waals surface area contributed by atoms with Crippen LogP contribution in [0.15, 0.2) is 18.2 Å². The summed E-state index contributed by atoms with van der Waals surface area (Å²) in [5.41, 5.74) is 7.80. The molecular weight excluding hydrogens is 212 g/mol. The third kappa shape index (κ3) is 3.77. The van der Waals surface area contributed by atoms with Crippen LogP contribution in [-0.4, -0.2) is 11.4 Å². The molecule has 17 heavy (non-hydrogen) atoms. The highest BCUT2D eigenvalue weighted by molar-refractivity contribution is 5.96. The normalized spacial score (nSPS) is 11.3. The Bertz CT molecular complexity index is 411. The van der Waals surface area contributed by atoms with Crippen molar-refractivity contribution >= 4 is 11.6 Å². The van der Waals surface area contributed by atoms with Crippen LogP contribution >= 0.6 is 0 Å². The zero-order valence-corrected chi connectivity index (χ0v) is 11.1. The van der Waals surface area contributed by atoms with Gasteiger partial charge in [-0.1, -0.05) is 13.3 Å². The lowest BCUT2D eigenvalue weighted by Gasteiger charge is -2.26. The number of amides is 1. The summed E-state index contributed by atoms with van der Waals surface area (Å²) >= 11 is 0. The standard InChI is InChI=1S/C14H22N2O/c1-5-8-14(3,4)16-13(17)12-7-6-11(15)9-10(12)2/h6-7,9H,5,8,15H2,1-4H3,(H,16,17). The summed E-state index contributed by atoms with van der Waals surface area (Å²) in [6.07, 6.45) is 2.01. The number of carbonyl (C=O) groups is 1. The van der Waals surface area contributed by atoms with Crippen molar-refractivity contribution in [3.05, 3.63) is 29.3 Å². The van der Waals surface area contributed by atoms with Gasteiger partial charge in [0.15, 0.2) is 0 Å². The smallest absolute Gasteiger partial charge is 0.251 e. The Kier molecular flexibility index (Phi) is 4.16. The molecule has 1 rings (SSSR count). The topological polar surface area (TPSA) is 55.1 Å². The number of aryl methyl sites for hydroxylation is 1. The van der Waals surface area contributed by atoms with Crippen molar-refractivity contribution in [3.63, 3.8) is 0 Å². The third-order valence-corrected chi connectivity index (χ3v) is 2.82. The van der Waals surface area contributed by atoms with E-state index in [0.29, 0.717) is 11.3 Å². The lowest BCUT2D eigenvalue weighted by Crippen LogP contribution is -2.43. The first-order valence-corrected chi connectivity index (χ1v) is 6.04. The van der Waals surface area contributed by atoms with Crippen molar-refractivity contribution in [1.29, 1.82) is 0 Å². The maximum atomic E-state index is 12.1. The molecule has 0 aliphatic rings. The predicted molar refractivity (Wildman–Crippen MR) is 72.0 cm³/mol. The Balaban J connectivity index is 2.83. The minimum absolute atomic E-state index is 0.0269. The number of anilines is 1. The summed E-state index contributed by atoms with van der Waals surface area (Å²) in [5, 5.41) is 3.05. The zero-order chi connectivity index (χ0) is 13.1. The van der Waals surface area contributed by atoms with E-state index in [1.54, 1.807) is 12.1 Å². The molecule has 0 aliphatic heterocycles. The fourth-order valence-corrected chi connectivity index (χ4v) is 2.00. The number of nitrogen functional groups attached to an aromatic ring is 1. The number of hydrogen-bond donors (Lipinski definition) is 2. The molecule has 0 saturated heterocycles. The minimum Gasteiger partial charge on any atom is -0.399 e. The first-order chi connectivity index (χ1) is 7.85. The lowest BCUT2D eigenvalue weighted by molar-refractivity contribution is 0.0908. The van der Waals surface area contributed by atoms with Gasteiger partial charge < -0.3 is 11.1 Å². The van der Waals surface area contributed by atoms with Crippen LogP contribution in [0.3, 0.4) is 0 Å². The molecule has 0 aromatic heterocycles.